The molecule has 0 radical (unpaired) electrons. The molecule has 1 aliphatic rings. The second-order valence-electron chi connectivity index (χ2n) is 7.00. The third-order valence-electron chi connectivity index (χ3n) is 5.19. The number of ketones is 1. The standard InChI is InChI=1S/C22H27NO2/c1-3-11-22(12-14-23-15-13-22)21(24)18-10-9-17(2)20(16-18)25-19-7-5-4-6-8-19/h4-10,16,23H,3,11-15H2,1-2H3. The predicted molar refractivity (Wildman–Crippen MR) is 101 cm³/mol. The van der Waals surface area contributed by atoms with Gasteiger partial charge in [-0.1, -0.05) is 43.7 Å². The molecule has 1 N–H and O–H groups in total. The summed E-state index contributed by atoms with van der Waals surface area (Å²) in [5.41, 5.74) is 1.58. The number of benzene rings is 2. The summed E-state index contributed by atoms with van der Waals surface area (Å²) in [7, 11) is 0. The molecule has 3 heteroatoms. The van der Waals surface area contributed by atoms with E-state index in [-0.39, 0.29) is 11.2 Å². The number of Topliss-reactive ketones (excluding diaryl/α,β-unsaturated/α-hetero) is 1. The molecule has 0 aromatic heterocycles. The van der Waals surface area contributed by atoms with Gasteiger partial charge < -0.3 is 10.1 Å². The van der Waals surface area contributed by atoms with Crippen molar-refractivity contribution < 1.29 is 9.53 Å². The maximum atomic E-state index is 13.3. The molecule has 1 fully saturated rings. The highest BCUT2D eigenvalue weighted by atomic mass is 16.5. The summed E-state index contributed by atoms with van der Waals surface area (Å²) >= 11 is 0. The number of piperidine rings is 1. The molecule has 1 heterocycles. The van der Waals surface area contributed by atoms with Crippen molar-refractivity contribution in [2.75, 3.05) is 13.1 Å². The third kappa shape index (κ3) is 3.93. The Morgan fingerprint density at radius 1 is 1.12 bits per heavy atom. The van der Waals surface area contributed by atoms with Crippen molar-refractivity contribution in [2.24, 2.45) is 5.41 Å². The second-order valence-corrected chi connectivity index (χ2v) is 7.00. The van der Waals surface area contributed by atoms with Crippen LogP contribution in [0.3, 0.4) is 0 Å². The van der Waals surface area contributed by atoms with Crippen LogP contribution in [0.1, 0.15) is 48.5 Å². The van der Waals surface area contributed by atoms with E-state index in [1.165, 1.54) is 0 Å². The van der Waals surface area contributed by atoms with Crippen molar-refractivity contribution in [3.05, 3.63) is 59.7 Å². The highest BCUT2D eigenvalue weighted by Crippen LogP contribution is 2.38. The van der Waals surface area contributed by atoms with E-state index in [9.17, 15) is 4.79 Å². The molecule has 2 aromatic carbocycles. The number of carbonyl (C=O) groups is 1. The van der Waals surface area contributed by atoms with Gasteiger partial charge in [-0.3, -0.25) is 4.79 Å². The van der Waals surface area contributed by atoms with Crippen LogP contribution in [0, 0.1) is 12.3 Å². The van der Waals surface area contributed by atoms with Crippen LogP contribution in [0.5, 0.6) is 11.5 Å². The van der Waals surface area contributed by atoms with Gasteiger partial charge in [-0.2, -0.15) is 0 Å². The van der Waals surface area contributed by atoms with Gasteiger partial charge >= 0.3 is 0 Å². The lowest BCUT2D eigenvalue weighted by Gasteiger charge is -2.36. The first-order valence-electron chi connectivity index (χ1n) is 9.24. The SMILES string of the molecule is CCCC1(C(=O)c2ccc(C)c(Oc3ccccc3)c2)CCNCC1. The number of hydrogen-bond acceptors (Lipinski definition) is 3. The molecule has 0 spiro atoms. The van der Waals surface area contributed by atoms with Gasteiger partial charge in [0.1, 0.15) is 11.5 Å². The van der Waals surface area contributed by atoms with E-state index < -0.39 is 0 Å². The molecule has 0 amide bonds. The first kappa shape index (κ1) is 17.7. The predicted octanol–water partition coefficient (Wildman–Crippen LogP) is 5.14. The first-order valence-corrected chi connectivity index (χ1v) is 9.24. The molecule has 0 atom stereocenters. The van der Waals surface area contributed by atoms with Crippen LogP contribution in [0.4, 0.5) is 0 Å². The van der Waals surface area contributed by atoms with Crippen LogP contribution in [0.2, 0.25) is 0 Å². The molecule has 1 saturated heterocycles. The number of rotatable bonds is 6. The fourth-order valence-electron chi connectivity index (χ4n) is 3.75. The van der Waals surface area contributed by atoms with Gasteiger partial charge in [-0.25, -0.2) is 0 Å². The Morgan fingerprint density at radius 2 is 1.84 bits per heavy atom. The van der Waals surface area contributed by atoms with E-state index in [0.717, 1.165) is 61.4 Å². The van der Waals surface area contributed by atoms with Crippen molar-refractivity contribution in [3.8, 4) is 11.5 Å². The Bertz CT molecular complexity index is 713. The van der Waals surface area contributed by atoms with Gasteiger partial charge in [0, 0.05) is 11.0 Å². The average molecular weight is 337 g/mol. The largest absolute Gasteiger partial charge is 0.457 e. The highest BCUT2D eigenvalue weighted by Gasteiger charge is 2.39. The minimum absolute atomic E-state index is 0.223. The van der Waals surface area contributed by atoms with Gasteiger partial charge in [0.2, 0.25) is 0 Å². The fourth-order valence-corrected chi connectivity index (χ4v) is 3.75. The Morgan fingerprint density at radius 3 is 2.52 bits per heavy atom. The molecular formula is C22H27NO2. The van der Waals surface area contributed by atoms with Gasteiger partial charge in [0.25, 0.3) is 0 Å². The zero-order valence-electron chi connectivity index (χ0n) is 15.2. The number of para-hydroxylation sites is 1. The first-order chi connectivity index (χ1) is 12.1. The van der Waals surface area contributed by atoms with Crippen LogP contribution in [-0.4, -0.2) is 18.9 Å². The van der Waals surface area contributed by atoms with Crippen LogP contribution in [0.25, 0.3) is 0 Å². The van der Waals surface area contributed by atoms with Crippen molar-refractivity contribution in [3.63, 3.8) is 0 Å². The third-order valence-corrected chi connectivity index (χ3v) is 5.19. The zero-order valence-corrected chi connectivity index (χ0v) is 15.2. The fraction of sp³-hybridized carbons (Fsp3) is 0.409. The van der Waals surface area contributed by atoms with Gasteiger partial charge in [0.05, 0.1) is 0 Å². The molecule has 0 aliphatic carbocycles. The second kappa shape index (κ2) is 7.83. The molecule has 0 saturated carbocycles. The van der Waals surface area contributed by atoms with E-state index in [1.807, 2.05) is 55.5 Å². The normalized spacial score (nSPS) is 16.4. The van der Waals surface area contributed by atoms with Crippen LogP contribution in [0.15, 0.2) is 48.5 Å². The highest BCUT2D eigenvalue weighted by molar-refractivity contribution is 6.01. The lowest BCUT2D eigenvalue weighted by molar-refractivity contribution is 0.0704. The van der Waals surface area contributed by atoms with Crippen LogP contribution in [-0.2, 0) is 0 Å². The Kier molecular flexibility index (Phi) is 5.54. The van der Waals surface area contributed by atoms with E-state index >= 15 is 0 Å². The minimum atomic E-state index is -0.223. The Labute approximate surface area is 150 Å². The average Bonchev–Trinajstić information content (AvgIpc) is 2.65. The number of ether oxygens (including phenoxy) is 1. The number of carbonyl (C=O) groups excluding carboxylic acids is 1. The molecule has 3 rings (SSSR count). The summed E-state index contributed by atoms with van der Waals surface area (Å²) in [5, 5.41) is 3.38. The van der Waals surface area contributed by atoms with E-state index in [0.29, 0.717) is 0 Å². The number of hydrogen-bond donors (Lipinski definition) is 1. The van der Waals surface area contributed by atoms with Gasteiger partial charge in [0.15, 0.2) is 5.78 Å². The lowest BCUT2D eigenvalue weighted by atomic mass is 9.70. The summed E-state index contributed by atoms with van der Waals surface area (Å²) < 4.78 is 6.02. The summed E-state index contributed by atoms with van der Waals surface area (Å²) in [6.07, 6.45) is 3.83. The van der Waals surface area contributed by atoms with E-state index in [1.54, 1.807) is 0 Å². The summed E-state index contributed by atoms with van der Waals surface area (Å²) in [4.78, 5) is 13.3. The van der Waals surface area contributed by atoms with Crippen molar-refractivity contribution >= 4 is 5.78 Å². The van der Waals surface area contributed by atoms with Crippen molar-refractivity contribution in [2.45, 2.75) is 39.5 Å². The molecular weight excluding hydrogens is 310 g/mol. The van der Waals surface area contributed by atoms with Crippen molar-refractivity contribution in [1.82, 2.24) is 5.32 Å². The molecule has 3 nitrogen and oxygen atoms in total. The van der Waals surface area contributed by atoms with Crippen LogP contribution < -0.4 is 10.1 Å². The molecule has 25 heavy (non-hydrogen) atoms. The summed E-state index contributed by atoms with van der Waals surface area (Å²) in [5.74, 6) is 1.83. The van der Waals surface area contributed by atoms with E-state index in [2.05, 4.69) is 12.2 Å². The number of aryl methyl sites for hydroxylation is 1. The van der Waals surface area contributed by atoms with Crippen molar-refractivity contribution in [1.29, 1.82) is 0 Å². The molecule has 1 aliphatic heterocycles. The van der Waals surface area contributed by atoms with E-state index in [4.69, 9.17) is 4.74 Å². The zero-order chi connectivity index (χ0) is 17.7. The lowest BCUT2D eigenvalue weighted by Crippen LogP contribution is -2.42. The van der Waals surface area contributed by atoms with Gasteiger partial charge in [-0.15, -0.1) is 0 Å². The molecule has 0 unspecified atom stereocenters. The van der Waals surface area contributed by atoms with Gasteiger partial charge in [-0.05, 0) is 63.0 Å². The Hall–Kier alpha value is -2.13. The Balaban J connectivity index is 1.88. The monoisotopic (exact) mass is 337 g/mol. The molecule has 0 bridgehead atoms. The quantitative estimate of drug-likeness (QED) is 0.742. The summed E-state index contributed by atoms with van der Waals surface area (Å²) in [6, 6.07) is 15.6. The smallest absolute Gasteiger partial charge is 0.169 e. The van der Waals surface area contributed by atoms with Crippen LogP contribution >= 0.6 is 0 Å². The minimum Gasteiger partial charge on any atom is -0.457 e. The summed E-state index contributed by atoms with van der Waals surface area (Å²) in [6.45, 7) is 6.02. The molecule has 2 aromatic rings. The maximum Gasteiger partial charge on any atom is 0.169 e. The molecule has 132 valence electrons. The topological polar surface area (TPSA) is 38.3 Å². The number of nitrogens with one attached hydrogen (secondary N) is 1. The maximum absolute atomic E-state index is 13.3.